The maximum absolute atomic E-state index is 6.42. The summed E-state index contributed by atoms with van der Waals surface area (Å²) in [5, 5.41) is 0. The van der Waals surface area contributed by atoms with Crippen molar-refractivity contribution in [2.24, 2.45) is 0 Å². The van der Waals surface area contributed by atoms with Crippen LogP contribution in [0.5, 0.6) is 11.5 Å². The molecule has 1 heterocycles. The number of nitrogens with two attached hydrogens (primary N) is 2. The van der Waals surface area contributed by atoms with E-state index in [0.717, 1.165) is 33.8 Å². The highest BCUT2D eigenvalue weighted by Gasteiger charge is 2.12. The zero-order chi connectivity index (χ0) is 18.5. The van der Waals surface area contributed by atoms with Crippen LogP contribution < -0.4 is 20.9 Å². The summed E-state index contributed by atoms with van der Waals surface area (Å²) in [6.07, 6.45) is 3.08. The number of hydrogen-bond donors (Lipinski definition) is 2. The summed E-state index contributed by atoms with van der Waals surface area (Å²) in [6, 6.07) is 15.8. The number of nitrogen functional groups attached to an aromatic ring is 2. The molecule has 0 aliphatic heterocycles. The maximum atomic E-state index is 6.42. The molecule has 0 aliphatic rings. The fourth-order valence-corrected chi connectivity index (χ4v) is 2.86. The first-order valence-corrected chi connectivity index (χ1v) is 8.38. The summed E-state index contributed by atoms with van der Waals surface area (Å²) in [7, 11) is 3.31. The van der Waals surface area contributed by atoms with Crippen LogP contribution in [-0.4, -0.2) is 19.2 Å². The quantitative estimate of drug-likeness (QED) is 0.712. The van der Waals surface area contributed by atoms with Gasteiger partial charge in [-0.15, -0.1) is 0 Å². The molecule has 0 radical (unpaired) electrons. The zero-order valence-corrected chi connectivity index (χ0v) is 15.0. The van der Waals surface area contributed by atoms with E-state index in [1.807, 2.05) is 48.5 Å². The minimum Gasteiger partial charge on any atom is -0.497 e. The second-order valence-corrected chi connectivity index (χ2v) is 6.11. The second kappa shape index (κ2) is 7.78. The maximum Gasteiger partial charge on any atom is 0.128 e. The summed E-state index contributed by atoms with van der Waals surface area (Å²) in [4.78, 5) is 4.35. The van der Waals surface area contributed by atoms with Crippen molar-refractivity contribution in [3.05, 3.63) is 77.0 Å². The van der Waals surface area contributed by atoms with Gasteiger partial charge in [0.1, 0.15) is 17.3 Å². The van der Waals surface area contributed by atoms with Crippen molar-refractivity contribution < 1.29 is 9.47 Å². The normalized spacial score (nSPS) is 10.5. The summed E-state index contributed by atoms with van der Waals surface area (Å²) in [5.41, 5.74) is 17.3. The van der Waals surface area contributed by atoms with Crippen molar-refractivity contribution >= 4 is 11.5 Å². The average molecular weight is 349 g/mol. The van der Waals surface area contributed by atoms with Gasteiger partial charge < -0.3 is 20.9 Å². The van der Waals surface area contributed by atoms with Crippen LogP contribution in [0.15, 0.2) is 54.7 Å². The highest BCUT2D eigenvalue weighted by molar-refractivity contribution is 5.63. The van der Waals surface area contributed by atoms with Gasteiger partial charge in [0.25, 0.3) is 0 Å². The van der Waals surface area contributed by atoms with Gasteiger partial charge in [-0.2, -0.15) is 0 Å². The molecule has 0 saturated heterocycles. The average Bonchev–Trinajstić information content (AvgIpc) is 2.68. The Bertz CT molecular complexity index is 875. The van der Waals surface area contributed by atoms with E-state index in [4.69, 9.17) is 20.9 Å². The number of methoxy groups -OCH3 is 2. The zero-order valence-electron chi connectivity index (χ0n) is 15.0. The Balaban J connectivity index is 1.84. The predicted molar refractivity (Wildman–Crippen MR) is 105 cm³/mol. The van der Waals surface area contributed by atoms with Crippen LogP contribution in [0, 0.1) is 0 Å². The van der Waals surface area contributed by atoms with E-state index in [0.29, 0.717) is 24.3 Å². The Kier molecular flexibility index (Phi) is 5.27. The number of hydrogen-bond acceptors (Lipinski definition) is 5. The molecule has 3 rings (SSSR count). The number of benzene rings is 2. The summed E-state index contributed by atoms with van der Waals surface area (Å²) < 4.78 is 10.4. The molecule has 5 heteroatoms. The molecule has 0 bridgehead atoms. The molecule has 0 fully saturated rings. The van der Waals surface area contributed by atoms with Gasteiger partial charge in [0, 0.05) is 30.3 Å². The molecule has 134 valence electrons. The number of anilines is 2. The third kappa shape index (κ3) is 3.88. The number of pyridine rings is 1. The molecule has 2 aromatic carbocycles. The van der Waals surface area contributed by atoms with E-state index in [9.17, 15) is 0 Å². The van der Waals surface area contributed by atoms with Gasteiger partial charge in [0.15, 0.2) is 0 Å². The molecule has 0 amide bonds. The Morgan fingerprint density at radius 2 is 1.27 bits per heavy atom. The Morgan fingerprint density at radius 1 is 0.769 bits per heavy atom. The van der Waals surface area contributed by atoms with E-state index in [1.54, 1.807) is 20.4 Å². The predicted octanol–water partition coefficient (Wildman–Crippen LogP) is 3.44. The lowest BCUT2D eigenvalue weighted by Gasteiger charge is -2.14. The monoisotopic (exact) mass is 349 g/mol. The number of rotatable bonds is 6. The number of aromatic nitrogens is 1. The molecular weight excluding hydrogens is 326 g/mol. The Morgan fingerprint density at radius 3 is 1.77 bits per heavy atom. The molecule has 0 aliphatic carbocycles. The van der Waals surface area contributed by atoms with Gasteiger partial charge in [0.2, 0.25) is 0 Å². The smallest absolute Gasteiger partial charge is 0.128 e. The van der Waals surface area contributed by atoms with E-state index in [-0.39, 0.29) is 0 Å². The van der Waals surface area contributed by atoms with Crippen LogP contribution in [0.2, 0.25) is 0 Å². The fraction of sp³-hybridized carbons (Fsp3) is 0.190. The summed E-state index contributed by atoms with van der Waals surface area (Å²) in [5.74, 6) is 2.12. The van der Waals surface area contributed by atoms with Gasteiger partial charge in [-0.05, 0) is 41.0 Å². The van der Waals surface area contributed by atoms with Gasteiger partial charge in [-0.3, -0.25) is 0 Å². The van der Waals surface area contributed by atoms with E-state index in [1.165, 1.54) is 0 Å². The minimum atomic E-state index is 0.469. The first-order chi connectivity index (χ1) is 12.6. The standard InChI is InChI=1S/C21H23N3O2/c1-25-17-7-3-14(4-8-17)11-16-13-24-21(23)19(20(16)22)12-15-5-9-18(26-2)10-6-15/h3-10,13H,11-12H2,1-2H3,(H4,22,23,24). The first kappa shape index (κ1) is 17.6. The second-order valence-electron chi connectivity index (χ2n) is 6.11. The van der Waals surface area contributed by atoms with Gasteiger partial charge >= 0.3 is 0 Å². The van der Waals surface area contributed by atoms with E-state index >= 15 is 0 Å². The highest BCUT2D eigenvalue weighted by atomic mass is 16.5. The topological polar surface area (TPSA) is 83.4 Å². The van der Waals surface area contributed by atoms with Crippen LogP contribution in [0.25, 0.3) is 0 Å². The van der Waals surface area contributed by atoms with Crippen LogP contribution in [0.1, 0.15) is 22.3 Å². The lowest BCUT2D eigenvalue weighted by molar-refractivity contribution is 0.414. The molecule has 5 nitrogen and oxygen atoms in total. The summed E-state index contributed by atoms with van der Waals surface area (Å²) in [6.45, 7) is 0. The van der Waals surface area contributed by atoms with Crippen molar-refractivity contribution in [2.45, 2.75) is 12.8 Å². The Hall–Kier alpha value is -3.21. The van der Waals surface area contributed by atoms with Gasteiger partial charge in [-0.1, -0.05) is 24.3 Å². The molecule has 0 atom stereocenters. The SMILES string of the molecule is COc1ccc(Cc2cnc(N)c(Cc3ccc(OC)cc3)c2N)cc1. The lowest BCUT2D eigenvalue weighted by Crippen LogP contribution is -2.07. The third-order valence-electron chi connectivity index (χ3n) is 4.43. The number of ether oxygens (including phenoxy) is 2. The molecular formula is C21H23N3O2. The van der Waals surface area contributed by atoms with Crippen molar-refractivity contribution in [3.8, 4) is 11.5 Å². The lowest BCUT2D eigenvalue weighted by atomic mass is 9.98. The van der Waals surface area contributed by atoms with Crippen LogP contribution in [0.3, 0.4) is 0 Å². The highest BCUT2D eigenvalue weighted by Crippen LogP contribution is 2.27. The molecule has 0 unspecified atom stereocenters. The molecule has 0 spiro atoms. The largest absolute Gasteiger partial charge is 0.497 e. The minimum absolute atomic E-state index is 0.469. The van der Waals surface area contributed by atoms with E-state index < -0.39 is 0 Å². The molecule has 1 aromatic heterocycles. The van der Waals surface area contributed by atoms with E-state index in [2.05, 4.69) is 4.98 Å². The Labute approximate surface area is 153 Å². The molecule has 4 N–H and O–H groups in total. The fourth-order valence-electron chi connectivity index (χ4n) is 2.86. The first-order valence-electron chi connectivity index (χ1n) is 8.38. The van der Waals surface area contributed by atoms with Gasteiger partial charge in [-0.25, -0.2) is 4.98 Å². The van der Waals surface area contributed by atoms with Crippen molar-refractivity contribution in [1.29, 1.82) is 0 Å². The van der Waals surface area contributed by atoms with Crippen molar-refractivity contribution in [2.75, 3.05) is 25.7 Å². The number of nitrogens with zero attached hydrogens (tertiary/aromatic N) is 1. The molecule has 3 aromatic rings. The van der Waals surface area contributed by atoms with Crippen molar-refractivity contribution in [3.63, 3.8) is 0 Å². The van der Waals surface area contributed by atoms with Crippen molar-refractivity contribution in [1.82, 2.24) is 4.98 Å². The third-order valence-corrected chi connectivity index (χ3v) is 4.43. The molecule has 0 saturated carbocycles. The molecule has 26 heavy (non-hydrogen) atoms. The summed E-state index contributed by atoms with van der Waals surface area (Å²) >= 11 is 0. The van der Waals surface area contributed by atoms with Crippen LogP contribution >= 0.6 is 0 Å². The van der Waals surface area contributed by atoms with Gasteiger partial charge in [0.05, 0.1) is 14.2 Å². The van der Waals surface area contributed by atoms with Crippen LogP contribution in [-0.2, 0) is 12.8 Å². The van der Waals surface area contributed by atoms with Crippen LogP contribution in [0.4, 0.5) is 11.5 Å².